The molecule has 2 heterocycles. The largest absolute Gasteiger partial charge is 0.467 e. The van der Waals surface area contributed by atoms with E-state index in [0.717, 1.165) is 24.8 Å². The Morgan fingerprint density at radius 2 is 1.93 bits per heavy atom. The van der Waals surface area contributed by atoms with Crippen LogP contribution in [0.4, 0.5) is 0 Å². The highest BCUT2D eigenvalue weighted by atomic mass is 35.5. The number of hydrogen-bond donors (Lipinski definition) is 2. The van der Waals surface area contributed by atoms with Gasteiger partial charge >= 0.3 is 0 Å². The standard InChI is InChI=1S/C21H27N3O3.ClH/c1-2-19(15-6-4-3-5-7-15)21(26)24-10-8-17(9-11-24)23-20(25)16-12-18(13-22)27-14-16;/h3-7,12,14,17,19H,2,8-11,13,22H2,1H3,(H,23,25);1H. The van der Waals surface area contributed by atoms with E-state index < -0.39 is 0 Å². The number of furan rings is 1. The smallest absolute Gasteiger partial charge is 0.254 e. The molecule has 0 saturated carbocycles. The second-order valence-electron chi connectivity index (χ2n) is 6.95. The molecule has 1 atom stereocenters. The molecule has 0 spiro atoms. The van der Waals surface area contributed by atoms with Crippen LogP contribution in [0.25, 0.3) is 0 Å². The van der Waals surface area contributed by atoms with E-state index in [-0.39, 0.29) is 42.7 Å². The van der Waals surface area contributed by atoms with Crippen molar-refractivity contribution in [3.8, 4) is 0 Å². The van der Waals surface area contributed by atoms with Crippen molar-refractivity contribution in [3.05, 3.63) is 59.5 Å². The number of rotatable bonds is 6. The molecular formula is C21H28ClN3O3. The van der Waals surface area contributed by atoms with Crippen LogP contribution in [0.3, 0.4) is 0 Å². The topological polar surface area (TPSA) is 88.6 Å². The van der Waals surface area contributed by atoms with E-state index in [1.807, 2.05) is 42.2 Å². The van der Waals surface area contributed by atoms with Crippen LogP contribution >= 0.6 is 12.4 Å². The average Bonchev–Trinajstić information content (AvgIpc) is 3.19. The fourth-order valence-corrected chi connectivity index (χ4v) is 3.58. The molecule has 1 aliphatic heterocycles. The molecule has 7 heteroatoms. The summed E-state index contributed by atoms with van der Waals surface area (Å²) < 4.78 is 5.21. The second-order valence-corrected chi connectivity index (χ2v) is 6.95. The van der Waals surface area contributed by atoms with E-state index in [4.69, 9.17) is 10.2 Å². The second kappa shape index (κ2) is 10.3. The first kappa shape index (κ1) is 22.0. The first-order valence-electron chi connectivity index (χ1n) is 9.54. The minimum Gasteiger partial charge on any atom is -0.467 e. The van der Waals surface area contributed by atoms with Gasteiger partial charge in [0, 0.05) is 19.1 Å². The van der Waals surface area contributed by atoms with Crippen LogP contribution in [-0.2, 0) is 11.3 Å². The van der Waals surface area contributed by atoms with E-state index in [1.54, 1.807) is 6.07 Å². The first-order valence-corrected chi connectivity index (χ1v) is 9.54. The third-order valence-corrected chi connectivity index (χ3v) is 5.17. The number of amides is 2. The number of benzene rings is 1. The van der Waals surface area contributed by atoms with Crippen molar-refractivity contribution in [2.45, 2.75) is 44.7 Å². The van der Waals surface area contributed by atoms with E-state index in [0.29, 0.717) is 24.4 Å². The minimum absolute atomic E-state index is 0. The Morgan fingerprint density at radius 1 is 1.25 bits per heavy atom. The lowest BCUT2D eigenvalue weighted by molar-refractivity contribution is -0.134. The molecule has 6 nitrogen and oxygen atoms in total. The normalized spacial score (nSPS) is 15.6. The molecular weight excluding hydrogens is 378 g/mol. The van der Waals surface area contributed by atoms with Crippen LogP contribution in [0.5, 0.6) is 0 Å². The number of hydrogen-bond acceptors (Lipinski definition) is 4. The molecule has 1 aliphatic rings. The predicted octanol–water partition coefficient (Wildman–Crippen LogP) is 3.07. The van der Waals surface area contributed by atoms with Gasteiger partial charge in [-0.15, -0.1) is 12.4 Å². The SMILES string of the molecule is CCC(C(=O)N1CCC(NC(=O)c2coc(CN)c2)CC1)c1ccccc1.Cl. The maximum absolute atomic E-state index is 12.9. The molecule has 0 aliphatic carbocycles. The van der Waals surface area contributed by atoms with Crippen LogP contribution in [0, 0.1) is 0 Å². The summed E-state index contributed by atoms with van der Waals surface area (Å²) in [6.45, 7) is 3.63. The lowest BCUT2D eigenvalue weighted by Crippen LogP contribution is -2.47. The van der Waals surface area contributed by atoms with E-state index in [9.17, 15) is 9.59 Å². The Balaban J connectivity index is 0.00000280. The summed E-state index contributed by atoms with van der Waals surface area (Å²) in [7, 11) is 0. The van der Waals surface area contributed by atoms with Gasteiger partial charge in [-0.05, 0) is 30.9 Å². The van der Waals surface area contributed by atoms with E-state index in [1.165, 1.54) is 6.26 Å². The number of nitrogens with two attached hydrogens (primary N) is 1. The number of carbonyl (C=O) groups is 2. The van der Waals surface area contributed by atoms with Crippen molar-refractivity contribution in [2.24, 2.45) is 5.73 Å². The number of nitrogens with zero attached hydrogens (tertiary/aromatic N) is 1. The predicted molar refractivity (Wildman–Crippen MR) is 110 cm³/mol. The van der Waals surface area contributed by atoms with Crippen molar-refractivity contribution >= 4 is 24.2 Å². The summed E-state index contributed by atoms with van der Waals surface area (Å²) in [5, 5.41) is 3.03. The molecule has 0 radical (unpaired) electrons. The zero-order valence-corrected chi connectivity index (χ0v) is 16.9. The highest BCUT2D eigenvalue weighted by Gasteiger charge is 2.29. The third kappa shape index (κ3) is 5.14. The molecule has 28 heavy (non-hydrogen) atoms. The number of halogens is 1. The third-order valence-electron chi connectivity index (χ3n) is 5.17. The lowest BCUT2D eigenvalue weighted by atomic mass is 9.93. The minimum atomic E-state index is -0.154. The van der Waals surface area contributed by atoms with Gasteiger partial charge in [-0.1, -0.05) is 37.3 Å². The van der Waals surface area contributed by atoms with Crippen molar-refractivity contribution in [1.29, 1.82) is 0 Å². The van der Waals surface area contributed by atoms with Crippen molar-refractivity contribution in [3.63, 3.8) is 0 Å². The highest BCUT2D eigenvalue weighted by Crippen LogP contribution is 2.24. The lowest BCUT2D eigenvalue weighted by Gasteiger charge is -2.34. The maximum Gasteiger partial charge on any atom is 0.254 e. The Bertz CT molecular complexity index is 770. The van der Waals surface area contributed by atoms with Gasteiger partial charge < -0.3 is 20.4 Å². The number of nitrogens with one attached hydrogen (secondary N) is 1. The van der Waals surface area contributed by atoms with Gasteiger partial charge in [-0.2, -0.15) is 0 Å². The maximum atomic E-state index is 12.9. The number of carbonyl (C=O) groups excluding carboxylic acids is 2. The molecule has 1 saturated heterocycles. The molecule has 3 N–H and O–H groups in total. The van der Waals surface area contributed by atoms with Gasteiger partial charge in [-0.25, -0.2) is 0 Å². The zero-order chi connectivity index (χ0) is 19.2. The Hall–Kier alpha value is -2.31. The molecule has 1 unspecified atom stereocenters. The van der Waals surface area contributed by atoms with Crippen LogP contribution in [0.1, 0.15) is 53.8 Å². The van der Waals surface area contributed by atoms with Crippen LogP contribution in [0.2, 0.25) is 0 Å². The molecule has 2 aromatic rings. The quantitative estimate of drug-likeness (QED) is 0.772. The molecule has 3 rings (SSSR count). The van der Waals surface area contributed by atoms with Gasteiger partial charge in [-0.3, -0.25) is 9.59 Å². The average molecular weight is 406 g/mol. The Morgan fingerprint density at radius 3 is 2.50 bits per heavy atom. The van der Waals surface area contributed by atoms with Gasteiger partial charge in [0.05, 0.1) is 18.0 Å². The Labute approximate surface area is 171 Å². The summed E-state index contributed by atoms with van der Waals surface area (Å²) in [5.41, 5.74) is 7.06. The van der Waals surface area contributed by atoms with Crippen molar-refractivity contribution in [1.82, 2.24) is 10.2 Å². The molecule has 0 bridgehead atoms. The fourth-order valence-electron chi connectivity index (χ4n) is 3.58. The van der Waals surface area contributed by atoms with Gasteiger partial charge in [0.1, 0.15) is 12.0 Å². The van der Waals surface area contributed by atoms with Gasteiger partial charge in [0.25, 0.3) is 5.91 Å². The number of likely N-dealkylation sites (tertiary alicyclic amines) is 1. The monoisotopic (exact) mass is 405 g/mol. The fraction of sp³-hybridized carbons (Fsp3) is 0.429. The summed E-state index contributed by atoms with van der Waals surface area (Å²) in [6.07, 6.45) is 3.72. The summed E-state index contributed by atoms with van der Waals surface area (Å²) in [4.78, 5) is 27.2. The number of piperidine rings is 1. The van der Waals surface area contributed by atoms with Crippen LogP contribution in [-0.4, -0.2) is 35.8 Å². The summed E-state index contributed by atoms with van der Waals surface area (Å²) >= 11 is 0. The molecule has 1 aromatic heterocycles. The summed E-state index contributed by atoms with van der Waals surface area (Å²) in [6, 6.07) is 11.7. The zero-order valence-electron chi connectivity index (χ0n) is 16.1. The van der Waals surface area contributed by atoms with E-state index >= 15 is 0 Å². The molecule has 152 valence electrons. The Kier molecular flexibility index (Phi) is 8.08. The van der Waals surface area contributed by atoms with Crippen molar-refractivity contribution in [2.75, 3.05) is 13.1 Å². The van der Waals surface area contributed by atoms with Gasteiger partial charge in [0.15, 0.2) is 0 Å². The van der Waals surface area contributed by atoms with Gasteiger partial charge in [0.2, 0.25) is 5.91 Å². The highest BCUT2D eigenvalue weighted by molar-refractivity contribution is 5.94. The molecule has 1 fully saturated rings. The van der Waals surface area contributed by atoms with Crippen LogP contribution in [0.15, 0.2) is 47.1 Å². The summed E-state index contributed by atoms with van der Waals surface area (Å²) in [5.74, 6) is 0.514. The molecule has 1 aromatic carbocycles. The molecule has 2 amide bonds. The van der Waals surface area contributed by atoms with Crippen LogP contribution < -0.4 is 11.1 Å². The van der Waals surface area contributed by atoms with Crippen molar-refractivity contribution < 1.29 is 14.0 Å². The van der Waals surface area contributed by atoms with E-state index in [2.05, 4.69) is 5.32 Å². The first-order chi connectivity index (χ1) is 13.1.